The van der Waals surface area contributed by atoms with Crippen molar-refractivity contribution < 1.29 is 0 Å². The fourth-order valence-electron chi connectivity index (χ4n) is 2.00. The van der Waals surface area contributed by atoms with Gasteiger partial charge in [0.25, 0.3) is 0 Å². The summed E-state index contributed by atoms with van der Waals surface area (Å²) in [7, 11) is 0. The molecule has 1 heterocycles. The topological polar surface area (TPSA) is 57.9 Å². The van der Waals surface area contributed by atoms with Gasteiger partial charge in [0.05, 0.1) is 0 Å². The van der Waals surface area contributed by atoms with E-state index in [2.05, 4.69) is 39.4 Å². The zero-order chi connectivity index (χ0) is 12.6. The molecule has 0 fully saturated rings. The summed E-state index contributed by atoms with van der Waals surface area (Å²) < 4.78 is 0. The van der Waals surface area contributed by atoms with E-state index in [9.17, 15) is 0 Å². The Balaban J connectivity index is 0.00000180. The Morgan fingerprint density at radius 1 is 1.11 bits per heavy atom. The first-order valence-electron chi connectivity index (χ1n) is 6.33. The Labute approximate surface area is 120 Å². The molecule has 0 aliphatic carbocycles. The van der Waals surface area contributed by atoms with Gasteiger partial charge in [0, 0.05) is 38.1 Å². The normalized spacial score (nSPS) is 10.4. The molecule has 5 heteroatoms. The van der Waals surface area contributed by atoms with Crippen LogP contribution < -0.4 is 5.73 Å². The molecule has 0 spiro atoms. The molecular weight excluding hydrogens is 260 g/mol. The summed E-state index contributed by atoms with van der Waals surface area (Å²) in [5.74, 6) is 0. The maximum absolute atomic E-state index is 5.66. The molecule has 1 aromatic heterocycles. The van der Waals surface area contributed by atoms with Crippen molar-refractivity contribution in [1.29, 1.82) is 0 Å². The predicted molar refractivity (Wildman–Crippen MR) is 80.3 cm³/mol. The first-order chi connectivity index (χ1) is 8.88. The van der Waals surface area contributed by atoms with E-state index in [-0.39, 0.29) is 12.4 Å². The fourth-order valence-corrected chi connectivity index (χ4v) is 2.00. The lowest BCUT2D eigenvalue weighted by Crippen LogP contribution is -2.31. The average Bonchev–Trinajstić information content (AvgIpc) is 2.90. The monoisotopic (exact) mass is 280 g/mol. The van der Waals surface area contributed by atoms with Crippen LogP contribution in [-0.4, -0.2) is 34.7 Å². The van der Waals surface area contributed by atoms with E-state index in [0.29, 0.717) is 6.54 Å². The van der Waals surface area contributed by atoms with Gasteiger partial charge in [-0.15, -0.1) is 12.4 Å². The van der Waals surface area contributed by atoms with Crippen molar-refractivity contribution in [2.45, 2.75) is 13.0 Å². The minimum Gasteiger partial charge on any atom is -0.329 e. The van der Waals surface area contributed by atoms with Crippen molar-refractivity contribution in [3.63, 3.8) is 0 Å². The second-order valence-electron chi connectivity index (χ2n) is 4.38. The third kappa shape index (κ3) is 5.42. The molecule has 104 valence electrons. The molecule has 0 aliphatic rings. The number of rotatable bonds is 7. The van der Waals surface area contributed by atoms with E-state index < -0.39 is 0 Å². The van der Waals surface area contributed by atoms with Gasteiger partial charge >= 0.3 is 0 Å². The number of halogens is 1. The molecule has 0 bridgehead atoms. The number of benzene rings is 1. The standard InChI is InChI=1S/C14H20N4.ClH/c15-8-11-18(12-14-6-9-16-17-14)10-7-13-4-2-1-3-5-13;/h1-6,9H,7-8,10-12,15H2,(H,16,17);1H. The van der Waals surface area contributed by atoms with Gasteiger partial charge in [-0.25, -0.2) is 0 Å². The number of nitrogens with two attached hydrogens (primary N) is 1. The summed E-state index contributed by atoms with van der Waals surface area (Å²) >= 11 is 0. The highest BCUT2D eigenvalue weighted by Gasteiger charge is 2.06. The van der Waals surface area contributed by atoms with Crippen LogP contribution in [-0.2, 0) is 13.0 Å². The zero-order valence-electron chi connectivity index (χ0n) is 11.0. The van der Waals surface area contributed by atoms with Crippen LogP contribution in [0.3, 0.4) is 0 Å². The van der Waals surface area contributed by atoms with Crippen LogP contribution in [0.4, 0.5) is 0 Å². The highest BCUT2D eigenvalue weighted by molar-refractivity contribution is 5.85. The number of hydrogen-bond acceptors (Lipinski definition) is 3. The van der Waals surface area contributed by atoms with Gasteiger partial charge in [0.2, 0.25) is 0 Å². The van der Waals surface area contributed by atoms with Gasteiger partial charge in [-0.05, 0) is 18.1 Å². The van der Waals surface area contributed by atoms with Crippen LogP contribution in [0.1, 0.15) is 11.3 Å². The molecule has 1 aromatic carbocycles. The smallest absolute Gasteiger partial charge is 0.0492 e. The van der Waals surface area contributed by atoms with Gasteiger partial charge in [0.15, 0.2) is 0 Å². The van der Waals surface area contributed by atoms with Crippen molar-refractivity contribution in [3.05, 3.63) is 53.9 Å². The Hall–Kier alpha value is -1.36. The van der Waals surface area contributed by atoms with Gasteiger partial charge in [-0.3, -0.25) is 10.00 Å². The zero-order valence-corrected chi connectivity index (χ0v) is 11.8. The van der Waals surface area contributed by atoms with Crippen LogP contribution in [0.25, 0.3) is 0 Å². The summed E-state index contributed by atoms with van der Waals surface area (Å²) in [6.45, 7) is 3.49. The van der Waals surface area contributed by atoms with E-state index in [1.165, 1.54) is 5.56 Å². The summed E-state index contributed by atoms with van der Waals surface area (Å²) in [5.41, 5.74) is 8.16. The molecular formula is C14H21ClN4. The van der Waals surface area contributed by atoms with E-state index in [1.807, 2.05) is 12.1 Å². The van der Waals surface area contributed by atoms with E-state index in [0.717, 1.165) is 31.7 Å². The SMILES string of the molecule is Cl.NCCN(CCc1ccccc1)Cc1ccn[nH]1. The summed E-state index contributed by atoms with van der Waals surface area (Å²) in [6.07, 6.45) is 2.84. The predicted octanol–water partition coefficient (Wildman–Crippen LogP) is 1.83. The molecule has 2 aromatic rings. The Morgan fingerprint density at radius 3 is 2.53 bits per heavy atom. The number of aromatic nitrogens is 2. The van der Waals surface area contributed by atoms with Gasteiger partial charge in [0.1, 0.15) is 0 Å². The fraction of sp³-hybridized carbons (Fsp3) is 0.357. The molecule has 3 N–H and O–H groups in total. The molecule has 0 saturated carbocycles. The highest BCUT2D eigenvalue weighted by atomic mass is 35.5. The van der Waals surface area contributed by atoms with E-state index in [4.69, 9.17) is 5.73 Å². The maximum atomic E-state index is 5.66. The Morgan fingerprint density at radius 2 is 1.89 bits per heavy atom. The summed E-state index contributed by atoms with van der Waals surface area (Å²) in [4.78, 5) is 2.35. The van der Waals surface area contributed by atoms with Crippen molar-refractivity contribution in [2.75, 3.05) is 19.6 Å². The summed E-state index contributed by atoms with van der Waals surface area (Å²) in [6, 6.07) is 12.5. The number of nitrogens with one attached hydrogen (secondary N) is 1. The van der Waals surface area contributed by atoms with Crippen LogP contribution in [0.5, 0.6) is 0 Å². The minimum atomic E-state index is 0. The Bertz CT molecular complexity index is 430. The number of nitrogens with zero attached hydrogens (tertiary/aromatic N) is 2. The van der Waals surface area contributed by atoms with Crippen LogP contribution in [0, 0.1) is 0 Å². The van der Waals surface area contributed by atoms with Crippen LogP contribution in [0.2, 0.25) is 0 Å². The Kier molecular flexibility index (Phi) is 7.18. The molecule has 19 heavy (non-hydrogen) atoms. The van der Waals surface area contributed by atoms with Crippen molar-refractivity contribution in [1.82, 2.24) is 15.1 Å². The number of aromatic amines is 1. The summed E-state index contributed by atoms with van der Waals surface area (Å²) in [5, 5.41) is 6.96. The molecule has 0 saturated heterocycles. The third-order valence-corrected chi connectivity index (χ3v) is 2.96. The van der Waals surface area contributed by atoms with E-state index in [1.54, 1.807) is 6.20 Å². The quantitative estimate of drug-likeness (QED) is 0.814. The second-order valence-corrected chi connectivity index (χ2v) is 4.38. The number of hydrogen-bond donors (Lipinski definition) is 2. The minimum absolute atomic E-state index is 0. The lowest BCUT2D eigenvalue weighted by atomic mass is 10.1. The van der Waals surface area contributed by atoms with Crippen LogP contribution >= 0.6 is 12.4 Å². The highest BCUT2D eigenvalue weighted by Crippen LogP contribution is 2.04. The van der Waals surface area contributed by atoms with Crippen LogP contribution in [0.15, 0.2) is 42.6 Å². The van der Waals surface area contributed by atoms with Gasteiger partial charge < -0.3 is 5.73 Å². The van der Waals surface area contributed by atoms with E-state index >= 15 is 0 Å². The van der Waals surface area contributed by atoms with Crippen molar-refractivity contribution in [3.8, 4) is 0 Å². The average molecular weight is 281 g/mol. The first kappa shape index (κ1) is 15.7. The van der Waals surface area contributed by atoms with Crippen molar-refractivity contribution >= 4 is 12.4 Å². The lowest BCUT2D eigenvalue weighted by Gasteiger charge is -2.20. The molecule has 0 aliphatic heterocycles. The van der Waals surface area contributed by atoms with Gasteiger partial charge in [-0.2, -0.15) is 5.10 Å². The molecule has 0 amide bonds. The molecule has 2 rings (SSSR count). The van der Waals surface area contributed by atoms with Crippen molar-refractivity contribution in [2.24, 2.45) is 5.73 Å². The largest absolute Gasteiger partial charge is 0.329 e. The second kappa shape index (κ2) is 8.69. The lowest BCUT2D eigenvalue weighted by molar-refractivity contribution is 0.273. The third-order valence-electron chi connectivity index (χ3n) is 2.96. The number of H-pyrrole nitrogens is 1. The van der Waals surface area contributed by atoms with Gasteiger partial charge in [-0.1, -0.05) is 30.3 Å². The maximum Gasteiger partial charge on any atom is 0.0492 e. The molecule has 0 radical (unpaired) electrons. The first-order valence-corrected chi connectivity index (χ1v) is 6.33. The molecule has 0 atom stereocenters. The molecule has 0 unspecified atom stereocenters. The molecule has 4 nitrogen and oxygen atoms in total.